The number of furan rings is 1. The van der Waals surface area contributed by atoms with Crippen LogP contribution < -0.4 is 0 Å². The summed E-state index contributed by atoms with van der Waals surface area (Å²) in [4.78, 5) is 0. The van der Waals surface area contributed by atoms with Gasteiger partial charge in [0, 0.05) is 12.0 Å². The predicted molar refractivity (Wildman–Crippen MR) is 100 cm³/mol. The molecular weight excluding hydrogens is 292 g/mol. The van der Waals surface area contributed by atoms with E-state index in [4.69, 9.17) is 4.42 Å². The number of hydrogen-bond acceptors (Lipinski definition) is 1. The van der Waals surface area contributed by atoms with Crippen molar-refractivity contribution in [3.8, 4) is 11.1 Å². The molecule has 1 aromatic heterocycles. The molecule has 0 unspecified atom stereocenters. The second kappa shape index (κ2) is 6.37. The molecule has 0 aliphatic carbocycles. The van der Waals surface area contributed by atoms with Gasteiger partial charge in [0.15, 0.2) is 0 Å². The molecule has 1 heterocycles. The molecule has 0 aliphatic rings. The van der Waals surface area contributed by atoms with Crippen LogP contribution in [0.1, 0.15) is 17.1 Å². The number of aryl methyl sites for hydroxylation is 3. The van der Waals surface area contributed by atoms with Gasteiger partial charge in [-0.3, -0.25) is 0 Å². The van der Waals surface area contributed by atoms with Crippen LogP contribution >= 0.6 is 0 Å². The van der Waals surface area contributed by atoms with Gasteiger partial charge in [-0.2, -0.15) is 0 Å². The third kappa shape index (κ3) is 2.98. The van der Waals surface area contributed by atoms with Crippen LogP contribution in [0.25, 0.3) is 21.9 Å². The van der Waals surface area contributed by atoms with E-state index in [2.05, 4.69) is 78.9 Å². The van der Waals surface area contributed by atoms with Crippen LogP contribution in [0.5, 0.6) is 0 Å². The summed E-state index contributed by atoms with van der Waals surface area (Å²) in [5.74, 6) is 2.05. The fourth-order valence-electron chi connectivity index (χ4n) is 3.25. The summed E-state index contributed by atoms with van der Waals surface area (Å²) in [6, 6.07) is 27.9. The van der Waals surface area contributed by atoms with Gasteiger partial charge in [0.05, 0.1) is 0 Å². The molecule has 1 heteroatoms. The number of hydrogen-bond donors (Lipinski definition) is 0. The zero-order valence-electron chi connectivity index (χ0n) is 13.8. The monoisotopic (exact) mass is 312 g/mol. The lowest BCUT2D eigenvalue weighted by atomic mass is 9.99. The second-order valence-electron chi connectivity index (χ2n) is 6.24. The minimum atomic E-state index is 0.917. The second-order valence-corrected chi connectivity index (χ2v) is 6.24. The molecule has 0 saturated carbocycles. The van der Waals surface area contributed by atoms with Crippen LogP contribution in [0, 0.1) is 6.92 Å². The van der Waals surface area contributed by atoms with E-state index in [0.29, 0.717) is 0 Å². The first-order valence-electron chi connectivity index (χ1n) is 8.42. The van der Waals surface area contributed by atoms with Gasteiger partial charge >= 0.3 is 0 Å². The molecule has 0 radical (unpaired) electrons. The molecule has 3 aromatic carbocycles. The van der Waals surface area contributed by atoms with E-state index in [1.807, 2.05) is 6.92 Å². The zero-order valence-corrected chi connectivity index (χ0v) is 13.8. The highest BCUT2D eigenvalue weighted by atomic mass is 16.3. The molecule has 118 valence electrons. The summed E-state index contributed by atoms with van der Waals surface area (Å²) in [6.07, 6.45) is 1.91. The van der Waals surface area contributed by atoms with Crippen LogP contribution in [0.2, 0.25) is 0 Å². The highest BCUT2D eigenvalue weighted by Crippen LogP contribution is 2.30. The van der Waals surface area contributed by atoms with E-state index < -0.39 is 0 Å². The van der Waals surface area contributed by atoms with Gasteiger partial charge in [0.25, 0.3) is 0 Å². The van der Waals surface area contributed by atoms with Crippen molar-refractivity contribution >= 4 is 10.8 Å². The van der Waals surface area contributed by atoms with Crippen LogP contribution in [0.4, 0.5) is 0 Å². The van der Waals surface area contributed by atoms with E-state index in [0.717, 1.165) is 24.4 Å². The van der Waals surface area contributed by atoms with Gasteiger partial charge in [-0.25, -0.2) is 0 Å². The van der Waals surface area contributed by atoms with Crippen LogP contribution in [0.15, 0.2) is 83.3 Å². The van der Waals surface area contributed by atoms with Gasteiger partial charge in [-0.1, -0.05) is 66.7 Å². The van der Waals surface area contributed by atoms with Crippen molar-refractivity contribution in [2.45, 2.75) is 19.8 Å². The Morgan fingerprint density at radius 1 is 0.708 bits per heavy atom. The topological polar surface area (TPSA) is 13.1 Å². The van der Waals surface area contributed by atoms with Crippen molar-refractivity contribution in [3.63, 3.8) is 0 Å². The molecule has 0 N–H and O–H groups in total. The molecule has 0 spiro atoms. The third-order valence-electron chi connectivity index (χ3n) is 4.48. The highest BCUT2D eigenvalue weighted by Gasteiger charge is 2.12. The van der Waals surface area contributed by atoms with Crippen molar-refractivity contribution in [2.75, 3.05) is 0 Å². The summed E-state index contributed by atoms with van der Waals surface area (Å²) >= 11 is 0. The lowest BCUT2D eigenvalue weighted by Crippen LogP contribution is -1.91. The Hall–Kier alpha value is -2.80. The Morgan fingerprint density at radius 3 is 2.29 bits per heavy atom. The molecule has 0 fully saturated rings. The van der Waals surface area contributed by atoms with E-state index in [1.54, 1.807) is 0 Å². The predicted octanol–water partition coefficient (Wildman–Crippen LogP) is 6.19. The lowest BCUT2D eigenvalue weighted by Gasteiger charge is -2.05. The summed E-state index contributed by atoms with van der Waals surface area (Å²) in [5, 5.41) is 2.54. The first-order chi connectivity index (χ1) is 11.8. The van der Waals surface area contributed by atoms with Crippen molar-refractivity contribution < 1.29 is 4.42 Å². The third-order valence-corrected chi connectivity index (χ3v) is 4.48. The minimum Gasteiger partial charge on any atom is -0.466 e. The quantitative estimate of drug-likeness (QED) is 0.437. The summed E-state index contributed by atoms with van der Waals surface area (Å²) < 4.78 is 6.00. The van der Waals surface area contributed by atoms with Crippen molar-refractivity contribution in [1.29, 1.82) is 0 Å². The van der Waals surface area contributed by atoms with Crippen LogP contribution in [0.3, 0.4) is 0 Å². The highest BCUT2D eigenvalue weighted by molar-refractivity contribution is 5.87. The Labute approximate surface area is 142 Å². The van der Waals surface area contributed by atoms with Gasteiger partial charge in [0.1, 0.15) is 11.5 Å². The van der Waals surface area contributed by atoms with Gasteiger partial charge in [-0.05, 0) is 47.4 Å². The maximum Gasteiger partial charge on any atom is 0.112 e. The molecule has 0 amide bonds. The maximum atomic E-state index is 6.00. The fourth-order valence-corrected chi connectivity index (χ4v) is 3.25. The normalized spacial score (nSPS) is 11.0. The summed E-state index contributed by atoms with van der Waals surface area (Å²) in [7, 11) is 0. The molecule has 24 heavy (non-hydrogen) atoms. The van der Waals surface area contributed by atoms with Crippen molar-refractivity contribution in [2.24, 2.45) is 0 Å². The van der Waals surface area contributed by atoms with Gasteiger partial charge < -0.3 is 4.42 Å². The maximum absolute atomic E-state index is 6.00. The van der Waals surface area contributed by atoms with Crippen molar-refractivity contribution in [1.82, 2.24) is 0 Å². The Bertz CT molecular complexity index is 964. The number of benzene rings is 3. The standard InChI is InChI=1S/C23H20O/c1-17-15-22(21-13-12-19-9-5-6-10-20(19)16-21)23(24-17)14-11-18-7-3-2-4-8-18/h2-10,12-13,15-16H,11,14H2,1H3. The van der Waals surface area contributed by atoms with E-state index >= 15 is 0 Å². The molecule has 1 nitrogen and oxygen atoms in total. The summed E-state index contributed by atoms with van der Waals surface area (Å²) in [6.45, 7) is 2.02. The fraction of sp³-hybridized carbons (Fsp3) is 0.130. The van der Waals surface area contributed by atoms with Crippen LogP contribution in [-0.4, -0.2) is 0 Å². The minimum absolute atomic E-state index is 0.917. The van der Waals surface area contributed by atoms with E-state index in [-0.39, 0.29) is 0 Å². The smallest absolute Gasteiger partial charge is 0.112 e. The molecule has 4 rings (SSSR count). The number of fused-ring (bicyclic) bond motifs is 1. The first-order valence-corrected chi connectivity index (χ1v) is 8.42. The van der Waals surface area contributed by atoms with Gasteiger partial charge in [-0.15, -0.1) is 0 Å². The summed E-state index contributed by atoms with van der Waals surface area (Å²) in [5.41, 5.74) is 3.79. The molecule has 0 aliphatic heterocycles. The van der Waals surface area contributed by atoms with Crippen molar-refractivity contribution in [3.05, 3.63) is 95.9 Å². The van der Waals surface area contributed by atoms with E-state index in [9.17, 15) is 0 Å². The molecule has 0 atom stereocenters. The molecular formula is C23H20O. The lowest BCUT2D eigenvalue weighted by molar-refractivity contribution is 0.483. The molecule has 0 saturated heterocycles. The molecule has 4 aromatic rings. The Kier molecular flexibility index (Phi) is 3.92. The van der Waals surface area contributed by atoms with E-state index in [1.165, 1.54) is 27.5 Å². The Morgan fingerprint density at radius 2 is 1.46 bits per heavy atom. The Balaban J connectivity index is 1.67. The largest absolute Gasteiger partial charge is 0.466 e. The average Bonchev–Trinajstić information content (AvgIpc) is 3.01. The van der Waals surface area contributed by atoms with Gasteiger partial charge in [0.2, 0.25) is 0 Å². The molecule has 0 bridgehead atoms. The average molecular weight is 312 g/mol. The number of rotatable bonds is 4. The SMILES string of the molecule is Cc1cc(-c2ccc3ccccc3c2)c(CCc2ccccc2)o1. The first kappa shape index (κ1) is 14.8. The van der Waals surface area contributed by atoms with Crippen LogP contribution in [-0.2, 0) is 12.8 Å². The zero-order chi connectivity index (χ0) is 16.4.